The molecule has 2 bridgehead atoms. The number of hydrogen-bond donors (Lipinski definition) is 4. The number of carbonyl (C=O) groups is 2. The summed E-state index contributed by atoms with van der Waals surface area (Å²) in [6, 6.07) is 7.37. The Bertz CT molecular complexity index is 636. The Balaban J connectivity index is 0.00000261. The molecule has 0 radical (unpaired) electrons. The van der Waals surface area contributed by atoms with E-state index >= 15 is 0 Å². The van der Waals surface area contributed by atoms with Crippen LogP contribution in [-0.2, 0) is 0 Å². The average molecular weight is 395 g/mol. The summed E-state index contributed by atoms with van der Waals surface area (Å²) in [5.41, 5.74) is 7.45. The molecule has 3 rings (SSSR count). The van der Waals surface area contributed by atoms with Crippen LogP contribution in [0.25, 0.3) is 0 Å². The number of halogens is 1. The summed E-state index contributed by atoms with van der Waals surface area (Å²) in [7, 11) is 0. The number of rotatable bonds is 4. The maximum Gasteiger partial charge on any atom is 0.319 e. The molecule has 7 heteroatoms. The van der Waals surface area contributed by atoms with Crippen LogP contribution in [0.5, 0.6) is 0 Å². The first-order valence-corrected chi connectivity index (χ1v) is 9.66. The van der Waals surface area contributed by atoms with E-state index in [2.05, 4.69) is 16.0 Å². The topological polar surface area (TPSA) is 96.2 Å². The SMILES string of the molecule is CC(C)NC(=O)Nc1ccc(C(=O)NC2C3CCCC2CC(N)C3)cc1.Cl. The van der Waals surface area contributed by atoms with Crippen LogP contribution in [0.3, 0.4) is 0 Å². The van der Waals surface area contributed by atoms with Crippen LogP contribution in [0, 0.1) is 11.8 Å². The molecule has 1 aromatic rings. The predicted octanol–water partition coefficient (Wildman–Crippen LogP) is 3.27. The van der Waals surface area contributed by atoms with Gasteiger partial charge in [0.1, 0.15) is 0 Å². The van der Waals surface area contributed by atoms with Crippen molar-refractivity contribution in [1.82, 2.24) is 10.6 Å². The first-order valence-electron chi connectivity index (χ1n) is 9.66. The number of urea groups is 1. The van der Waals surface area contributed by atoms with Gasteiger partial charge in [0.05, 0.1) is 0 Å². The van der Waals surface area contributed by atoms with E-state index in [1.54, 1.807) is 24.3 Å². The van der Waals surface area contributed by atoms with Crippen LogP contribution in [0.4, 0.5) is 10.5 Å². The van der Waals surface area contributed by atoms with Crippen LogP contribution in [0.15, 0.2) is 24.3 Å². The van der Waals surface area contributed by atoms with Crippen molar-refractivity contribution in [3.63, 3.8) is 0 Å². The fourth-order valence-electron chi connectivity index (χ4n) is 4.39. The molecule has 0 spiro atoms. The van der Waals surface area contributed by atoms with Gasteiger partial charge in [0, 0.05) is 29.4 Å². The number of anilines is 1. The van der Waals surface area contributed by atoms with Crippen molar-refractivity contribution in [1.29, 1.82) is 0 Å². The van der Waals surface area contributed by atoms with Crippen LogP contribution in [0.2, 0.25) is 0 Å². The molecule has 2 fully saturated rings. The second-order valence-corrected chi connectivity index (χ2v) is 8.01. The normalized spacial score (nSPS) is 26.7. The summed E-state index contributed by atoms with van der Waals surface area (Å²) in [5, 5.41) is 8.78. The third-order valence-electron chi connectivity index (χ3n) is 5.50. The molecule has 2 aliphatic carbocycles. The van der Waals surface area contributed by atoms with Gasteiger partial charge in [-0.1, -0.05) is 6.42 Å². The molecule has 0 heterocycles. The van der Waals surface area contributed by atoms with Gasteiger partial charge < -0.3 is 21.7 Å². The minimum absolute atomic E-state index is 0. The lowest BCUT2D eigenvalue weighted by Crippen LogP contribution is -2.53. The van der Waals surface area contributed by atoms with E-state index < -0.39 is 0 Å². The Morgan fingerprint density at radius 1 is 1.07 bits per heavy atom. The van der Waals surface area contributed by atoms with Crippen molar-refractivity contribution in [3.8, 4) is 0 Å². The second-order valence-electron chi connectivity index (χ2n) is 8.01. The van der Waals surface area contributed by atoms with Crippen LogP contribution < -0.4 is 21.7 Å². The Labute approximate surface area is 167 Å². The van der Waals surface area contributed by atoms with E-state index in [0.29, 0.717) is 23.1 Å². The highest BCUT2D eigenvalue weighted by atomic mass is 35.5. The average Bonchev–Trinajstić information content (AvgIpc) is 2.55. The lowest BCUT2D eigenvalue weighted by molar-refractivity contribution is 0.0756. The molecule has 2 unspecified atom stereocenters. The van der Waals surface area contributed by atoms with E-state index in [1.165, 1.54) is 6.42 Å². The molecule has 0 aromatic heterocycles. The lowest BCUT2D eigenvalue weighted by Gasteiger charge is -2.45. The van der Waals surface area contributed by atoms with Gasteiger partial charge in [0.15, 0.2) is 0 Å². The number of carbonyl (C=O) groups excluding carboxylic acids is 2. The third-order valence-corrected chi connectivity index (χ3v) is 5.50. The Hall–Kier alpha value is -1.79. The number of benzene rings is 1. The standard InChI is InChI=1S/C20H30N4O2.ClH/c1-12(2)22-20(26)23-17-8-6-13(7-9-17)19(25)24-18-14-4-3-5-15(18)11-16(21)10-14;/h6-9,12,14-16,18H,3-5,10-11,21H2,1-2H3,(H,24,25)(H2,22,23,26);1H. The minimum atomic E-state index is -0.247. The second kappa shape index (κ2) is 9.42. The molecule has 2 atom stereocenters. The van der Waals surface area contributed by atoms with Gasteiger partial charge in [0.2, 0.25) is 0 Å². The Kier molecular flexibility index (Phi) is 7.50. The Morgan fingerprint density at radius 2 is 1.67 bits per heavy atom. The van der Waals surface area contributed by atoms with Gasteiger partial charge in [-0.25, -0.2) is 4.79 Å². The molecule has 2 saturated carbocycles. The monoisotopic (exact) mass is 394 g/mol. The van der Waals surface area contributed by atoms with E-state index in [9.17, 15) is 9.59 Å². The molecule has 150 valence electrons. The van der Waals surface area contributed by atoms with Gasteiger partial charge in [0.25, 0.3) is 5.91 Å². The molecular formula is C20H31ClN4O2. The highest BCUT2D eigenvalue weighted by Crippen LogP contribution is 2.39. The van der Waals surface area contributed by atoms with Gasteiger partial charge >= 0.3 is 6.03 Å². The lowest BCUT2D eigenvalue weighted by atomic mass is 9.67. The summed E-state index contributed by atoms with van der Waals surface area (Å²) < 4.78 is 0. The highest BCUT2D eigenvalue weighted by molar-refractivity contribution is 5.95. The molecule has 6 nitrogen and oxygen atoms in total. The zero-order valence-electron chi connectivity index (χ0n) is 16.0. The summed E-state index contributed by atoms with van der Waals surface area (Å²) in [4.78, 5) is 24.4. The van der Waals surface area contributed by atoms with E-state index in [0.717, 1.165) is 25.7 Å². The van der Waals surface area contributed by atoms with E-state index in [1.807, 2.05) is 13.8 Å². The number of hydrogen-bond acceptors (Lipinski definition) is 3. The molecule has 27 heavy (non-hydrogen) atoms. The first-order chi connectivity index (χ1) is 12.4. The van der Waals surface area contributed by atoms with E-state index in [-0.39, 0.29) is 42.5 Å². The van der Waals surface area contributed by atoms with Gasteiger partial charge in [-0.15, -0.1) is 12.4 Å². The number of nitrogens with two attached hydrogens (primary N) is 1. The summed E-state index contributed by atoms with van der Waals surface area (Å²) in [6.07, 6.45) is 5.57. The Morgan fingerprint density at radius 3 is 2.22 bits per heavy atom. The number of fused-ring (bicyclic) bond motifs is 2. The maximum atomic E-state index is 12.7. The largest absolute Gasteiger partial charge is 0.349 e. The van der Waals surface area contributed by atoms with Crippen LogP contribution in [0.1, 0.15) is 56.3 Å². The molecule has 5 N–H and O–H groups in total. The smallest absolute Gasteiger partial charge is 0.319 e. The molecule has 0 saturated heterocycles. The van der Waals surface area contributed by atoms with Gasteiger partial charge in [-0.05, 0) is 75.6 Å². The molecule has 2 aliphatic rings. The third kappa shape index (κ3) is 5.59. The molecule has 1 aromatic carbocycles. The van der Waals surface area contributed by atoms with Crippen molar-refractivity contribution in [3.05, 3.63) is 29.8 Å². The summed E-state index contributed by atoms with van der Waals surface area (Å²) in [5.74, 6) is 0.963. The van der Waals surface area contributed by atoms with Crippen molar-refractivity contribution < 1.29 is 9.59 Å². The molecule has 0 aliphatic heterocycles. The minimum Gasteiger partial charge on any atom is -0.349 e. The van der Waals surface area contributed by atoms with Crippen molar-refractivity contribution >= 4 is 30.0 Å². The van der Waals surface area contributed by atoms with Crippen molar-refractivity contribution in [2.75, 3.05) is 5.32 Å². The van der Waals surface area contributed by atoms with Crippen molar-refractivity contribution in [2.45, 2.75) is 64.1 Å². The number of amides is 3. The van der Waals surface area contributed by atoms with Gasteiger partial charge in [-0.3, -0.25) is 4.79 Å². The summed E-state index contributed by atoms with van der Waals surface area (Å²) in [6.45, 7) is 3.81. The van der Waals surface area contributed by atoms with Gasteiger partial charge in [-0.2, -0.15) is 0 Å². The zero-order chi connectivity index (χ0) is 18.7. The number of nitrogens with one attached hydrogen (secondary N) is 3. The quantitative estimate of drug-likeness (QED) is 0.631. The fraction of sp³-hybridized carbons (Fsp3) is 0.600. The predicted molar refractivity (Wildman–Crippen MR) is 110 cm³/mol. The van der Waals surface area contributed by atoms with Crippen molar-refractivity contribution in [2.24, 2.45) is 17.6 Å². The fourth-order valence-corrected chi connectivity index (χ4v) is 4.39. The maximum absolute atomic E-state index is 12.7. The van der Waals surface area contributed by atoms with Crippen LogP contribution in [-0.4, -0.2) is 30.1 Å². The van der Waals surface area contributed by atoms with Crippen LogP contribution >= 0.6 is 12.4 Å². The van der Waals surface area contributed by atoms with E-state index in [4.69, 9.17) is 5.73 Å². The zero-order valence-corrected chi connectivity index (χ0v) is 16.9. The first kappa shape index (κ1) is 21.5. The molecule has 3 amide bonds. The molecular weight excluding hydrogens is 364 g/mol. The highest BCUT2D eigenvalue weighted by Gasteiger charge is 2.39. The summed E-state index contributed by atoms with van der Waals surface area (Å²) >= 11 is 0.